The summed E-state index contributed by atoms with van der Waals surface area (Å²) in [5, 5.41) is 0. The van der Waals surface area contributed by atoms with E-state index >= 15 is 0 Å². The van der Waals surface area contributed by atoms with Crippen molar-refractivity contribution in [2.75, 3.05) is 0 Å². The SMILES string of the molecule is CCCCCCCCCCCCCCCCCC[Si](C)(O[Si](C)(C)C)O[Si](C)(C)C. The molecule has 182 valence electrons. The highest BCUT2D eigenvalue weighted by atomic mass is 28.5. The molecule has 0 spiro atoms. The molecule has 0 N–H and O–H groups in total. The van der Waals surface area contributed by atoms with Gasteiger partial charge in [0.25, 0.3) is 0 Å². The molecule has 0 bridgehead atoms. The summed E-state index contributed by atoms with van der Waals surface area (Å²) in [5.41, 5.74) is 0. The molecule has 0 radical (unpaired) electrons. The zero-order valence-corrected chi connectivity index (χ0v) is 25.3. The lowest BCUT2D eigenvalue weighted by Gasteiger charge is -2.38. The van der Waals surface area contributed by atoms with E-state index in [9.17, 15) is 0 Å². The second-order valence-corrected chi connectivity index (χ2v) is 24.5. The van der Waals surface area contributed by atoms with Crippen LogP contribution in [-0.2, 0) is 8.23 Å². The molecule has 0 aromatic rings. The van der Waals surface area contributed by atoms with Crippen LogP contribution in [0.3, 0.4) is 0 Å². The fourth-order valence-electron chi connectivity index (χ4n) is 4.41. The van der Waals surface area contributed by atoms with E-state index in [-0.39, 0.29) is 0 Å². The molecule has 5 heteroatoms. The van der Waals surface area contributed by atoms with Crippen molar-refractivity contribution >= 4 is 25.2 Å². The number of hydrogen-bond acceptors (Lipinski definition) is 2. The van der Waals surface area contributed by atoms with Gasteiger partial charge in [-0.2, -0.15) is 0 Å². The molecule has 0 unspecified atom stereocenters. The first-order valence-corrected chi connectivity index (χ1v) is 22.7. The third kappa shape index (κ3) is 21.8. The van der Waals surface area contributed by atoms with Crippen molar-refractivity contribution in [1.82, 2.24) is 0 Å². The standard InChI is InChI=1S/C25H58O2Si3/c1-9-10-11-12-13-14-15-16-17-18-19-20-21-22-23-24-25-30(8,26-28(2,3)4)27-29(5,6)7/h9-25H2,1-8H3. The lowest BCUT2D eigenvalue weighted by molar-refractivity contribution is 0.380. The van der Waals surface area contributed by atoms with Crippen LogP contribution in [-0.4, -0.2) is 25.2 Å². The highest BCUT2D eigenvalue weighted by Crippen LogP contribution is 2.26. The molecule has 0 aromatic carbocycles. The van der Waals surface area contributed by atoms with E-state index in [0.29, 0.717) is 0 Å². The Labute approximate surface area is 194 Å². The Morgan fingerprint density at radius 3 is 0.933 bits per heavy atom. The van der Waals surface area contributed by atoms with Gasteiger partial charge >= 0.3 is 8.56 Å². The molecule has 0 rings (SSSR count). The van der Waals surface area contributed by atoms with Gasteiger partial charge in [-0.05, 0) is 51.9 Å². The van der Waals surface area contributed by atoms with Crippen LogP contribution in [0.1, 0.15) is 110 Å². The molecule has 30 heavy (non-hydrogen) atoms. The molecule has 0 saturated heterocycles. The topological polar surface area (TPSA) is 18.5 Å². The third-order valence-electron chi connectivity index (χ3n) is 5.53. The van der Waals surface area contributed by atoms with Gasteiger partial charge in [0.2, 0.25) is 0 Å². The van der Waals surface area contributed by atoms with Crippen molar-refractivity contribution in [2.45, 2.75) is 162 Å². The van der Waals surface area contributed by atoms with Gasteiger partial charge in [-0.15, -0.1) is 0 Å². The lowest BCUT2D eigenvalue weighted by atomic mass is 10.0. The van der Waals surface area contributed by atoms with Gasteiger partial charge in [0.1, 0.15) is 0 Å². The minimum absolute atomic E-state index is 1.18. The molecule has 0 aliphatic heterocycles. The fourth-order valence-corrected chi connectivity index (χ4v) is 17.0. The molecule has 0 aliphatic rings. The molecule has 0 heterocycles. The highest BCUT2D eigenvalue weighted by Gasteiger charge is 2.39. The Hall–Kier alpha value is 0.571. The maximum atomic E-state index is 6.62. The summed E-state index contributed by atoms with van der Waals surface area (Å²) in [5.74, 6) is 0. The molecular formula is C25H58O2Si3. The first-order chi connectivity index (χ1) is 14.0. The number of hydrogen-bond donors (Lipinski definition) is 0. The Kier molecular flexibility index (Phi) is 17.4. The van der Waals surface area contributed by atoms with E-state index in [0.717, 1.165) is 0 Å². The summed E-state index contributed by atoms with van der Waals surface area (Å²) >= 11 is 0. The largest absolute Gasteiger partial charge is 0.437 e. The number of unbranched alkanes of at least 4 members (excludes halogenated alkanes) is 15. The Morgan fingerprint density at radius 2 is 0.667 bits per heavy atom. The lowest BCUT2D eigenvalue weighted by Crippen LogP contribution is -2.52. The second kappa shape index (κ2) is 17.1. The summed E-state index contributed by atoms with van der Waals surface area (Å²) in [4.78, 5) is 0. The molecule has 2 nitrogen and oxygen atoms in total. The molecular weight excluding hydrogens is 417 g/mol. The summed E-state index contributed by atoms with van der Waals surface area (Å²) in [6.45, 7) is 18.5. The molecule has 0 saturated carbocycles. The van der Waals surface area contributed by atoms with Crippen LogP contribution in [0.2, 0.25) is 51.9 Å². The van der Waals surface area contributed by atoms with Crippen LogP contribution >= 0.6 is 0 Å². The average molecular weight is 475 g/mol. The zero-order valence-electron chi connectivity index (χ0n) is 22.3. The number of rotatable bonds is 21. The van der Waals surface area contributed by atoms with Crippen molar-refractivity contribution in [3.8, 4) is 0 Å². The summed E-state index contributed by atoms with van der Waals surface area (Å²) < 4.78 is 13.2. The minimum atomic E-state index is -2.00. The predicted octanol–water partition coefficient (Wildman–Crippen LogP) is 10.0. The van der Waals surface area contributed by atoms with Crippen LogP contribution in [0.25, 0.3) is 0 Å². The van der Waals surface area contributed by atoms with Gasteiger partial charge in [0.15, 0.2) is 16.6 Å². The highest BCUT2D eigenvalue weighted by molar-refractivity contribution is 6.87. The van der Waals surface area contributed by atoms with Gasteiger partial charge < -0.3 is 8.23 Å². The molecule has 0 aliphatic carbocycles. The minimum Gasteiger partial charge on any atom is -0.437 e. The van der Waals surface area contributed by atoms with Crippen LogP contribution in [0.5, 0.6) is 0 Å². The first-order valence-electron chi connectivity index (χ1n) is 13.4. The van der Waals surface area contributed by atoms with Crippen LogP contribution < -0.4 is 0 Å². The normalized spacial score (nSPS) is 13.2. The van der Waals surface area contributed by atoms with Crippen molar-refractivity contribution in [2.24, 2.45) is 0 Å². The average Bonchev–Trinajstić information content (AvgIpc) is 2.58. The molecule has 0 fully saturated rings. The molecule has 0 atom stereocenters. The molecule has 0 aromatic heterocycles. The van der Waals surface area contributed by atoms with Gasteiger partial charge in [-0.25, -0.2) is 0 Å². The van der Waals surface area contributed by atoms with Crippen molar-refractivity contribution < 1.29 is 8.23 Å². The Balaban J connectivity index is 3.66. The van der Waals surface area contributed by atoms with Crippen LogP contribution in [0.4, 0.5) is 0 Å². The zero-order chi connectivity index (χ0) is 22.9. The van der Waals surface area contributed by atoms with E-state index in [4.69, 9.17) is 8.23 Å². The summed E-state index contributed by atoms with van der Waals surface area (Å²) in [6.07, 6.45) is 22.8. The van der Waals surface area contributed by atoms with E-state index in [2.05, 4.69) is 52.8 Å². The van der Waals surface area contributed by atoms with E-state index in [1.165, 1.54) is 109 Å². The van der Waals surface area contributed by atoms with Crippen molar-refractivity contribution in [3.63, 3.8) is 0 Å². The fraction of sp³-hybridized carbons (Fsp3) is 1.00. The first kappa shape index (κ1) is 30.6. The maximum absolute atomic E-state index is 6.62. The third-order valence-corrected chi connectivity index (χ3v) is 15.1. The van der Waals surface area contributed by atoms with Gasteiger partial charge in [0.05, 0.1) is 0 Å². The quantitative estimate of drug-likeness (QED) is 0.122. The maximum Gasteiger partial charge on any atom is 0.314 e. The summed E-state index contributed by atoms with van der Waals surface area (Å²) in [6, 6.07) is 1.18. The van der Waals surface area contributed by atoms with Crippen molar-refractivity contribution in [1.29, 1.82) is 0 Å². The van der Waals surface area contributed by atoms with E-state index < -0.39 is 25.2 Å². The molecule has 0 amide bonds. The second-order valence-electron chi connectivity index (χ2n) is 11.6. The van der Waals surface area contributed by atoms with E-state index in [1.54, 1.807) is 0 Å². The predicted molar refractivity (Wildman–Crippen MR) is 145 cm³/mol. The van der Waals surface area contributed by atoms with Gasteiger partial charge in [-0.1, -0.05) is 110 Å². The Morgan fingerprint density at radius 1 is 0.400 bits per heavy atom. The van der Waals surface area contributed by atoms with Crippen LogP contribution in [0, 0.1) is 0 Å². The Bertz CT molecular complexity index is 373. The monoisotopic (exact) mass is 474 g/mol. The summed E-state index contributed by atoms with van der Waals surface area (Å²) in [7, 11) is -5.09. The van der Waals surface area contributed by atoms with E-state index in [1.807, 2.05) is 0 Å². The van der Waals surface area contributed by atoms with Gasteiger partial charge in [-0.3, -0.25) is 0 Å². The van der Waals surface area contributed by atoms with Gasteiger partial charge in [0, 0.05) is 0 Å². The van der Waals surface area contributed by atoms with Crippen molar-refractivity contribution in [3.05, 3.63) is 0 Å². The smallest absolute Gasteiger partial charge is 0.314 e. The van der Waals surface area contributed by atoms with Crippen LogP contribution in [0.15, 0.2) is 0 Å².